The van der Waals surface area contributed by atoms with Crippen LogP contribution in [0.1, 0.15) is 11.1 Å². The first-order valence-corrected chi connectivity index (χ1v) is 7.85. The molecule has 0 saturated carbocycles. The highest BCUT2D eigenvalue weighted by Crippen LogP contribution is 2.12. The molecule has 0 aliphatic carbocycles. The minimum Gasteiger partial charge on any atom is -0.355 e. The number of amides is 1. The minimum absolute atomic E-state index is 0.0779. The van der Waals surface area contributed by atoms with Gasteiger partial charge in [0.1, 0.15) is 5.82 Å². The van der Waals surface area contributed by atoms with Crippen LogP contribution >= 0.6 is 11.6 Å². The second kappa shape index (κ2) is 8.65. The summed E-state index contributed by atoms with van der Waals surface area (Å²) in [7, 11) is 1.87. The van der Waals surface area contributed by atoms with Gasteiger partial charge in [0.05, 0.1) is 6.54 Å². The molecule has 2 aromatic rings. The largest absolute Gasteiger partial charge is 0.355 e. The van der Waals surface area contributed by atoms with E-state index in [1.807, 2.05) is 36.2 Å². The van der Waals surface area contributed by atoms with Gasteiger partial charge in [-0.2, -0.15) is 0 Å². The van der Waals surface area contributed by atoms with Gasteiger partial charge in [-0.25, -0.2) is 4.39 Å². The molecule has 2 rings (SSSR count). The second-order valence-corrected chi connectivity index (χ2v) is 5.93. The summed E-state index contributed by atoms with van der Waals surface area (Å²) in [5.41, 5.74) is 1.67. The predicted molar refractivity (Wildman–Crippen MR) is 90.9 cm³/mol. The molecule has 0 aliphatic heterocycles. The van der Waals surface area contributed by atoms with Crippen LogP contribution in [0.2, 0.25) is 5.02 Å². The van der Waals surface area contributed by atoms with Crippen LogP contribution in [0.25, 0.3) is 0 Å². The van der Waals surface area contributed by atoms with Crippen LogP contribution in [-0.4, -0.2) is 30.9 Å². The summed E-state index contributed by atoms with van der Waals surface area (Å²) in [6, 6.07) is 14.2. The van der Waals surface area contributed by atoms with E-state index in [2.05, 4.69) is 5.32 Å². The highest BCUT2D eigenvalue weighted by Gasteiger charge is 2.08. The summed E-state index contributed by atoms with van der Waals surface area (Å²) in [4.78, 5) is 13.8. The van der Waals surface area contributed by atoms with E-state index in [1.54, 1.807) is 18.2 Å². The first-order valence-electron chi connectivity index (χ1n) is 7.47. The highest BCUT2D eigenvalue weighted by atomic mass is 35.5. The fourth-order valence-corrected chi connectivity index (χ4v) is 2.55. The van der Waals surface area contributed by atoms with Crippen LogP contribution in [0.3, 0.4) is 0 Å². The standard InChI is InChI=1S/C18H20ClFN2O/c1-22(12-14-5-4-7-16(19)11-14)13-18(23)21-10-9-15-6-2-3-8-17(15)20/h2-8,11H,9-10,12-13H2,1H3,(H,21,23). The number of carbonyl (C=O) groups excluding carboxylic acids is 1. The predicted octanol–water partition coefficient (Wildman–Crippen LogP) is 3.27. The lowest BCUT2D eigenvalue weighted by Crippen LogP contribution is -2.35. The number of benzene rings is 2. The van der Waals surface area contributed by atoms with E-state index < -0.39 is 0 Å². The van der Waals surface area contributed by atoms with Crippen molar-refractivity contribution in [2.45, 2.75) is 13.0 Å². The molecule has 3 nitrogen and oxygen atoms in total. The first-order chi connectivity index (χ1) is 11.0. The lowest BCUT2D eigenvalue weighted by Gasteiger charge is -2.16. The Morgan fingerprint density at radius 1 is 1.22 bits per heavy atom. The summed E-state index contributed by atoms with van der Waals surface area (Å²) >= 11 is 5.95. The van der Waals surface area contributed by atoms with E-state index >= 15 is 0 Å². The van der Waals surface area contributed by atoms with Gasteiger partial charge in [-0.3, -0.25) is 9.69 Å². The monoisotopic (exact) mass is 334 g/mol. The Kier molecular flexibility index (Phi) is 6.56. The number of nitrogens with zero attached hydrogens (tertiary/aromatic N) is 1. The summed E-state index contributed by atoms with van der Waals surface area (Å²) in [6.07, 6.45) is 0.483. The van der Waals surface area contributed by atoms with Crippen molar-refractivity contribution in [1.29, 1.82) is 0 Å². The van der Waals surface area contributed by atoms with Crippen molar-refractivity contribution in [2.24, 2.45) is 0 Å². The normalized spacial score (nSPS) is 10.8. The maximum atomic E-state index is 13.5. The van der Waals surface area contributed by atoms with E-state index in [1.165, 1.54) is 6.07 Å². The third-order valence-electron chi connectivity index (χ3n) is 3.43. The number of hydrogen-bond acceptors (Lipinski definition) is 2. The molecule has 0 heterocycles. The number of nitrogens with one attached hydrogen (secondary N) is 1. The molecule has 0 radical (unpaired) electrons. The van der Waals surface area contributed by atoms with Gasteiger partial charge in [-0.15, -0.1) is 0 Å². The fourth-order valence-electron chi connectivity index (χ4n) is 2.34. The molecule has 0 fully saturated rings. The minimum atomic E-state index is -0.236. The molecule has 122 valence electrons. The SMILES string of the molecule is CN(CC(=O)NCCc1ccccc1F)Cc1cccc(Cl)c1. The molecule has 0 bridgehead atoms. The molecule has 1 N–H and O–H groups in total. The third-order valence-corrected chi connectivity index (χ3v) is 3.66. The molecule has 0 saturated heterocycles. The van der Waals surface area contributed by atoms with E-state index in [9.17, 15) is 9.18 Å². The van der Waals surface area contributed by atoms with Crippen LogP contribution in [-0.2, 0) is 17.8 Å². The molecule has 0 aromatic heterocycles. The molecule has 5 heteroatoms. The average molecular weight is 335 g/mol. The number of hydrogen-bond donors (Lipinski definition) is 1. The van der Waals surface area contributed by atoms with Crippen LogP contribution in [0, 0.1) is 5.82 Å². The molecule has 1 amide bonds. The van der Waals surface area contributed by atoms with Gasteiger partial charge in [-0.1, -0.05) is 41.9 Å². The third kappa shape index (κ3) is 6.00. The zero-order valence-electron chi connectivity index (χ0n) is 13.1. The molecular formula is C18H20ClFN2O. The Morgan fingerprint density at radius 3 is 2.74 bits per heavy atom. The summed E-state index contributed by atoms with van der Waals surface area (Å²) < 4.78 is 13.5. The van der Waals surface area contributed by atoms with Crippen LogP contribution < -0.4 is 5.32 Å². The van der Waals surface area contributed by atoms with Gasteiger partial charge in [0.15, 0.2) is 0 Å². The summed E-state index contributed by atoms with van der Waals surface area (Å²) in [5.74, 6) is -0.314. The van der Waals surface area contributed by atoms with Gasteiger partial charge in [0.2, 0.25) is 5.91 Å². The Balaban J connectivity index is 1.73. The van der Waals surface area contributed by atoms with Crippen LogP contribution in [0.15, 0.2) is 48.5 Å². The Hall–Kier alpha value is -1.91. The number of carbonyl (C=O) groups is 1. The average Bonchev–Trinajstić information content (AvgIpc) is 2.49. The van der Waals surface area contributed by atoms with Gasteiger partial charge in [-0.05, 0) is 42.8 Å². The van der Waals surface area contributed by atoms with Crippen molar-refractivity contribution in [1.82, 2.24) is 10.2 Å². The quantitative estimate of drug-likeness (QED) is 0.843. The Bertz CT molecular complexity index is 663. The van der Waals surface area contributed by atoms with Crippen molar-refractivity contribution in [2.75, 3.05) is 20.1 Å². The van der Waals surface area contributed by atoms with Crippen LogP contribution in [0.5, 0.6) is 0 Å². The zero-order chi connectivity index (χ0) is 16.7. The number of rotatable bonds is 7. The molecular weight excluding hydrogens is 315 g/mol. The molecule has 0 atom stereocenters. The van der Waals surface area contributed by atoms with Crippen molar-refractivity contribution in [3.63, 3.8) is 0 Å². The van der Waals surface area contributed by atoms with E-state index in [-0.39, 0.29) is 18.3 Å². The second-order valence-electron chi connectivity index (χ2n) is 5.49. The topological polar surface area (TPSA) is 32.3 Å². The summed E-state index contributed by atoms with van der Waals surface area (Å²) in [6.45, 7) is 1.34. The van der Waals surface area contributed by atoms with Crippen molar-refractivity contribution >= 4 is 17.5 Å². The lowest BCUT2D eigenvalue weighted by molar-refractivity contribution is -0.122. The molecule has 0 unspecified atom stereocenters. The van der Waals surface area contributed by atoms with Crippen LogP contribution in [0.4, 0.5) is 4.39 Å². The first kappa shape index (κ1) is 17.4. The maximum Gasteiger partial charge on any atom is 0.234 e. The van der Waals surface area contributed by atoms with E-state index in [4.69, 9.17) is 11.6 Å². The Labute approximate surface area is 141 Å². The molecule has 23 heavy (non-hydrogen) atoms. The van der Waals surface area contributed by atoms with Gasteiger partial charge >= 0.3 is 0 Å². The maximum absolute atomic E-state index is 13.5. The number of likely N-dealkylation sites (N-methyl/N-ethyl adjacent to an activating group) is 1. The Morgan fingerprint density at radius 2 is 2.00 bits per heavy atom. The molecule has 0 spiro atoms. The van der Waals surface area contributed by atoms with Crippen molar-refractivity contribution in [3.8, 4) is 0 Å². The molecule has 0 aliphatic rings. The van der Waals surface area contributed by atoms with Crippen molar-refractivity contribution < 1.29 is 9.18 Å². The molecule has 2 aromatic carbocycles. The van der Waals surface area contributed by atoms with Gasteiger partial charge in [0, 0.05) is 18.1 Å². The van der Waals surface area contributed by atoms with Crippen molar-refractivity contribution in [3.05, 3.63) is 70.5 Å². The smallest absolute Gasteiger partial charge is 0.234 e. The van der Waals surface area contributed by atoms with E-state index in [0.29, 0.717) is 30.1 Å². The van der Waals surface area contributed by atoms with Gasteiger partial charge < -0.3 is 5.32 Å². The zero-order valence-corrected chi connectivity index (χ0v) is 13.8. The fraction of sp³-hybridized carbons (Fsp3) is 0.278. The van der Waals surface area contributed by atoms with E-state index in [0.717, 1.165) is 5.56 Å². The lowest BCUT2D eigenvalue weighted by atomic mass is 10.1. The van der Waals surface area contributed by atoms with Gasteiger partial charge in [0.25, 0.3) is 0 Å². The summed E-state index contributed by atoms with van der Waals surface area (Å²) in [5, 5.41) is 3.50. The highest BCUT2D eigenvalue weighted by molar-refractivity contribution is 6.30. The number of halogens is 2.